The maximum Gasteiger partial charge on any atom is 0.251 e. The van der Waals surface area contributed by atoms with Crippen molar-refractivity contribution in [2.24, 2.45) is 45.9 Å². The lowest BCUT2D eigenvalue weighted by Gasteiger charge is -2.30. The van der Waals surface area contributed by atoms with Crippen LogP contribution in [0, 0.1) is 23.7 Å². The van der Waals surface area contributed by atoms with Gasteiger partial charge in [0, 0.05) is 118 Å². The molecule has 3 fully saturated rings. The third kappa shape index (κ3) is 25.6. The van der Waals surface area contributed by atoms with Gasteiger partial charge in [-0.1, -0.05) is 162 Å². The summed E-state index contributed by atoms with van der Waals surface area (Å²) in [5.41, 5.74) is 20.1. The van der Waals surface area contributed by atoms with E-state index >= 15 is 0 Å². The molecule has 3 heterocycles. The number of halogens is 5. The van der Waals surface area contributed by atoms with Crippen LogP contribution in [0.15, 0.2) is 108 Å². The Morgan fingerprint density at radius 3 is 1.31 bits per heavy atom. The monoisotopic (exact) mass is 1470 g/mol. The van der Waals surface area contributed by atoms with Gasteiger partial charge < -0.3 is 69.1 Å². The molecule has 25 heteroatoms. The highest BCUT2D eigenvalue weighted by Crippen LogP contribution is 2.28. The maximum atomic E-state index is 13.7. The third-order valence-corrected chi connectivity index (χ3v) is 21.0. The number of amides is 6. The van der Waals surface area contributed by atoms with E-state index in [2.05, 4.69) is 103 Å². The predicted octanol–water partition coefficient (Wildman–Crippen LogP) is 10.5. The maximum absolute atomic E-state index is 13.7. The second kappa shape index (κ2) is 42.3. The van der Waals surface area contributed by atoms with Gasteiger partial charge in [0.05, 0.1) is 38.2 Å². The van der Waals surface area contributed by atoms with E-state index in [1.807, 2.05) is 69.3 Å². The third-order valence-electron chi connectivity index (χ3n) is 19.3. The molecule has 0 unspecified atom stereocenters. The van der Waals surface area contributed by atoms with Crippen molar-refractivity contribution in [1.29, 1.82) is 0 Å². The first-order valence-corrected chi connectivity index (χ1v) is 37.3. The first-order valence-electron chi connectivity index (χ1n) is 35.4. The minimum absolute atomic E-state index is 0.0126. The van der Waals surface area contributed by atoms with Gasteiger partial charge >= 0.3 is 0 Å². The molecule has 0 radical (unpaired) electrons. The standard InChI is InChI=1S/C31H39ClN6O2.2C22H34Cl2N4O2/c1-3-21(22-7-5-4-6-8-22)20-38-16-14-27(37-28(30(38)40)13-15-35-31(33)34-2)19-36-29(39)25-10-9-24-18-26(32)12-11-23(24)17-25;2*1-4-15(14(2)3)13-28-10-8-17(27-20(7-9-25)22(28)30)12-26-21(29)16-5-6-18(23)19(24)11-16/h4-12,17-18,21,27-28,37H,3,13-16,19-20H2,1-2H3,(H,36,39)(H3,33,34,35);2*5-6,11,14-15,17,20,27H,4,7-10,12-13,25H2,1-3H3,(H,26,29)/t21-,27+,28+;15-,17+,20+;15-,17-,20-/m110/s1. The summed E-state index contributed by atoms with van der Waals surface area (Å²) >= 11 is 30.0. The van der Waals surface area contributed by atoms with Gasteiger partial charge in [0.2, 0.25) is 17.7 Å². The molecule has 3 saturated heterocycles. The average Bonchev–Trinajstić information content (AvgIpc) is 0.909. The fraction of sp³-hybridized carbons (Fsp3) is 0.533. The molecule has 13 N–H and O–H groups in total. The Kier molecular flexibility index (Phi) is 35.0. The van der Waals surface area contributed by atoms with Gasteiger partial charge in [0.15, 0.2) is 5.96 Å². The highest BCUT2D eigenvalue weighted by molar-refractivity contribution is 6.42. The molecule has 0 saturated carbocycles. The molecule has 0 bridgehead atoms. The average molecular weight is 1480 g/mol. The number of rotatable bonds is 28. The van der Waals surface area contributed by atoms with Crippen molar-refractivity contribution in [1.82, 2.24) is 51.9 Å². The Bertz CT molecular complexity index is 3360. The van der Waals surface area contributed by atoms with Crippen molar-refractivity contribution in [2.75, 3.05) is 85.6 Å². The minimum Gasteiger partial charge on any atom is -0.370 e. The van der Waals surface area contributed by atoms with Gasteiger partial charge in [-0.15, -0.1) is 0 Å². The zero-order valence-corrected chi connectivity index (χ0v) is 63.2. The van der Waals surface area contributed by atoms with Crippen molar-refractivity contribution < 1.29 is 28.8 Å². The molecule has 20 nitrogen and oxygen atoms in total. The second-order valence-corrected chi connectivity index (χ2v) is 28.9. The Morgan fingerprint density at radius 1 is 0.510 bits per heavy atom. The summed E-state index contributed by atoms with van der Waals surface area (Å²) < 4.78 is 0. The predicted molar refractivity (Wildman–Crippen MR) is 409 cm³/mol. The Labute approximate surface area is 617 Å². The van der Waals surface area contributed by atoms with Crippen LogP contribution < -0.4 is 54.4 Å². The fourth-order valence-corrected chi connectivity index (χ4v) is 13.7. The number of carbonyl (C=O) groups excluding carboxylic acids is 6. The topological polar surface area (TPSA) is 287 Å². The molecule has 5 aromatic rings. The largest absolute Gasteiger partial charge is 0.370 e. The Balaban J connectivity index is 0.000000240. The van der Waals surface area contributed by atoms with E-state index in [0.717, 1.165) is 62.4 Å². The summed E-state index contributed by atoms with van der Waals surface area (Å²) in [5, 5.41) is 26.5. The van der Waals surface area contributed by atoms with E-state index in [4.69, 9.17) is 75.2 Å². The van der Waals surface area contributed by atoms with E-state index in [1.54, 1.807) is 43.4 Å². The first kappa shape index (κ1) is 82.7. The van der Waals surface area contributed by atoms with Gasteiger partial charge in [-0.3, -0.25) is 33.8 Å². The molecule has 0 aromatic heterocycles. The zero-order chi connectivity index (χ0) is 73.0. The van der Waals surface area contributed by atoms with Gasteiger partial charge in [-0.2, -0.15) is 0 Å². The van der Waals surface area contributed by atoms with Crippen molar-refractivity contribution in [3.05, 3.63) is 150 Å². The van der Waals surface area contributed by atoms with Crippen molar-refractivity contribution in [2.45, 2.75) is 148 Å². The fourth-order valence-electron chi connectivity index (χ4n) is 12.9. The molecule has 100 heavy (non-hydrogen) atoms. The number of nitrogens with zero attached hydrogens (tertiary/aromatic N) is 4. The van der Waals surface area contributed by atoms with Crippen LogP contribution in [-0.2, 0) is 14.4 Å². The highest BCUT2D eigenvalue weighted by atomic mass is 35.5. The summed E-state index contributed by atoms with van der Waals surface area (Å²) in [6.07, 6.45) is 6.98. The number of nitrogens with one attached hydrogen (secondary N) is 7. The summed E-state index contributed by atoms with van der Waals surface area (Å²) in [6.45, 7) is 22.1. The van der Waals surface area contributed by atoms with Crippen LogP contribution in [0.2, 0.25) is 25.1 Å². The number of fused-ring (bicyclic) bond motifs is 1. The molecule has 5 aromatic carbocycles. The summed E-state index contributed by atoms with van der Waals surface area (Å²) in [4.78, 5) is 87.7. The quantitative estimate of drug-likeness (QED) is 0.0165. The number of guanidine groups is 1. The summed E-state index contributed by atoms with van der Waals surface area (Å²) in [5.74, 6) is 2.29. The molecule has 9 atom stereocenters. The van der Waals surface area contributed by atoms with Crippen LogP contribution in [0.1, 0.15) is 149 Å². The molecule has 0 aliphatic carbocycles. The van der Waals surface area contributed by atoms with E-state index in [9.17, 15) is 28.8 Å². The van der Waals surface area contributed by atoms with Crippen LogP contribution in [0.5, 0.6) is 0 Å². The molecule has 3 aliphatic rings. The number of benzene rings is 5. The lowest BCUT2D eigenvalue weighted by molar-refractivity contribution is -0.134. The number of aliphatic imine (C=N–C) groups is 1. The van der Waals surface area contributed by atoms with Crippen molar-refractivity contribution in [3.8, 4) is 0 Å². The van der Waals surface area contributed by atoms with Crippen LogP contribution in [-0.4, -0.2) is 178 Å². The number of hydrogen-bond donors (Lipinski definition) is 10. The normalized spacial score (nSPS) is 20.1. The molecule has 8 rings (SSSR count). The van der Waals surface area contributed by atoms with Crippen molar-refractivity contribution >= 4 is 110 Å². The lowest BCUT2D eigenvalue weighted by atomic mass is 9.92. The van der Waals surface area contributed by atoms with Crippen LogP contribution in [0.3, 0.4) is 0 Å². The smallest absolute Gasteiger partial charge is 0.251 e. The SMILES string of the molecule is CC[C@@H](CN1CC[C@@H](CNC(=O)c2ccc(Cl)c(Cl)c2)N[C@@H](CCN)C1=O)C(C)C.CC[C@H](CN1CC[C@@H](CNC(=O)c2ccc(Cl)c(Cl)c2)N[C@@H](CCN)C1=O)C(C)C.CC[C@H](CN1CC[C@@H](CNC(=O)c2ccc3cc(Cl)ccc3c2)N[C@@H](CCNC(N)=NC)C1=O)c1ccccc1. The first-order chi connectivity index (χ1) is 47.9. The van der Waals surface area contributed by atoms with Gasteiger partial charge in [-0.05, 0) is 159 Å². The van der Waals surface area contributed by atoms with E-state index in [-0.39, 0.29) is 71.6 Å². The van der Waals surface area contributed by atoms with Gasteiger partial charge in [-0.25, -0.2) is 0 Å². The molecule has 3 aliphatic heterocycles. The Hall–Kier alpha value is -6.30. The van der Waals surface area contributed by atoms with E-state index in [1.165, 1.54) is 5.56 Å². The van der Waals surface area contributed by atoms with E-state index < -0.39 is 6.04 Å². The van der Waals surface area contributed by atoms with Crippen molar-refractivity contribution in [3.63, 3.8) is 0 Å². The summed E-state index contributed by atoms with van der Waals surface area (Å²) in [6, 6.07) is 30.0. The number of nitrogens with two attached hydrogens (primary N) is 3. The van der Waals surface area contributed by atoms with Crippen LogP contribution in [0.4, 0.5) is 0 Å². The van der Waals surface area contributed by atoms with E-state index in [0.29, 0.717) is 156 Å². The van der Waals surface area contributed by atoms with Gasteiger partial charge in [0.25, 0.3) is 17.7 Å². The molecule has 0 spiro atoms. The van der Waals surface area contributed by atoms with Crippen LogP contribution in [0.25, 0.3) is 10.8 Å². The van der Waals surface area contributed by atoms with Gasteiger partial charge in [0.1, 0.15) is 0 Å². The lowest BCUT2D eigenvalue weighted by Crippen LogP contribution is -2.50. The molecular weight excluding hydrogens is 1370 g/mol. The number of hydrogen-bond acceptors (Lipinski definition) is 12. The molecular formula is C75H107Cl5N14O6. The second-order valence-electron chi connectivity index (χ2n) is 26.9. The highest BCUT2D eigenvalue weighted by Gasteiger charge is 2.35. The minimum atomic E-state index is -0.403. The molecule has 6 amide bonds. The number of carbonyl (C=O) groups is 6. The summed E-state index contributed by atoms with van der Waals surface area (Å²) in [7, 11) is 1.62. The Morgan fingerprint density at radius 2 is 0.910 bits per heavy atom. The van der Waals surface area contributed by atoms with Crippen LogP contribution >= 0.6 is 58.0 Å². The molecule has 548 valence electrons. The zero-order valence-electron chi connectivity index (χ0n) is 59.4.